The largest absolute Gasteiger partial charge is 0.459 e. The van der Waals surface area contributed by atoms with Crippen molar-refractivity contribution in [1.29, 1.82) is 0 Å². The Labute approximate surface area is 167 Å². The van der Waals surface area contributed by atoms with Crippen molar-refractivity contribution >= 4 is 17.3 Å². The van der Waals surface area contributed by atoms with Gasteiger partial charge in [-0.25, -0.2) is 0 Å². The quantitative estimate of drug-likeness (QED) is 0.443. The van der Waals surface area contributed by atoms with Gasteiger partial charge in [0.05, 0.1) is 11.1 Å². The standard InChI is InChI=1S/C25H16O4/c26-22(17-10-4-1-5-11-17)20-16-29-25(24(28)19-14-8-3-9-15-19)21(20)23(27)18-12-6-2-7-13-18/h1-16H. The monoisotopic (exact) mass is 380 g/mol. The van der Waals surface area contributed by atoms with Gasteiger partial charge in [0.1, 0.15) is 6.26 Å². The fourth-order valence-electron chi connectivity index (χ4n) is 3.12. The van der Waals surface area contributed by atoms with E-state index in [2.05, 4.69) is 0 Å². The molecule has 0 bridgehead atoms. The summed E-state index contributed by atoms with van der Waals surface area (Å²) in [4.78, 5) is 39.3. The van der Waals surface area contributed by atoms with E-state index in [4.69, 9.17) is 4.42 Å². The Morgan fingerprint density at radius 3 is 1.41 bits per heavy atom. The highest BCUT2D eigenvalue weighted by Gasteiger charge is 2.30. The Morgan fingerprint density at radius 2 is 0.931 bits per heavy atom. The van der Waals surface area contributed by atoms with E-state index in [0.29, 0.717) is 16.7 Å². The van der Waals surface area contributed by atoms with Gasteiger partial charge in [-0.3, -0.25) is 14.4 Å². The molecule has 4 nitrogen and oxygen atoms in total. The fourth-order valence-corrected chi connectivity index (χ4v) is 3.12. The number of rotatable bonds is 6. The van der Waals surface area contributed by atoms with Gasteiger partial charge in [0, 0.05) is 16.7 Å². The van der Waals surface area contributed by atoms with E-state index in [1.807, 2.05) is 0 Å². The van der Waals surface area contributed by atoms with Crippen molar-refractivity contribution in [2.24, 2.45) is 0 Å². The Balaban J connectivity index is 1.86. The maximum Gasteiger partial charge on any atom is 0.228 e. The molecule has 1 heterocycles. The Morgan fingerprint density at radius 1 is 0.517 bits per heavy atom. The number of carbonyl (C=O) groups excluding carboxylic acids is 3. The van der Waals surface area contributed by atoms with E-state index >= 15 is 0 Å². The summed E-state index contributed by atoms with van der Waals surface area (Å²) >= 11 is 0. The van der Waals surface area contributed by atoms with Crippen LogP contribution in [0.5, 0.6) is 0 Å². The van der Waals surface area contributed by atoms with Crippen molar-refractivity contribution in [3.63, 3.8) is 0 Å². The van der Waals surface area contributed by atoms with E-state index in [1.54, 1.807) is 91.0 Å². The van der Waals surface area contributed by atoms with E-state index in [1.165, 1.54) is 6.26 Å². The maximum atomic E-state index is 13.3. The normalized spacial score (nSPS) is 10.5. The van der Waals surface area contributed by atoms with E-state index < -0.39 is 11.6 Å². The average molecular weight is 380 g/mol. The second-order valence-electron chi connectivity index (χ2n) is 6.44. The summed E-state index contributed by atoms with van der Waals surface area (Å²) in [6, 6.07) is 25.6. The molecule has 1 aromatic heterocycles. The molecular formula is C25H16O4. The van der Waals surface area contributed by atoms with E-state index in [-0.39, 0.29) is 22.7 Å². The van der Waals surface area contributed by atoms with Gasteiger partial charge in [0.25, 0.3) is 0 Å². The maximum absolute atomic E-state index is 13.3. The molecule has 0 aliphatic carbocycles. The summed E-state index contributed by atoms with van der Waals surface area (Å²) in [5.41, 5.74) is 1.22. The van der Waals surface area contributed by atoms with Crippen molar-refractivity contribution in [3.05, 3.63) is 131 Å². The highest BCUT2D eigenvalue weighted by atomic mass is 16.3. The molecule has 0 atom stereocenters. The molecule has 0 saturated carbocycles. The third kappa shape index (κ3) is 3.56. The number of hydrogen-bond acceptors (Lipinski definition) is 4. The first-order chi connectivity index (χ1) is 14.2. The Kier molecular flexibility index (Phi) is 4.99. The molecule has 4 rings (SSSR count). The van der Waals surface area contributed by atoms with Gasteiger partial charge in [-0.15, -0.1) is 0 Å². The number of furan rings is 1. The minimum absolute atomic E-state index is 0.0149. The molecule has 0 spiro atoms. The van der Waals surface area contributed by atoms with Gasteiger partial charge in [0.15, 0.2) is 17.3 Å². The summed E-state index contributed by atoms with van der Waals surface area (Å²) in [5.74, 6) is -1.39. The van der Waals surface area contributed by atoms with E-state index in [0.717, 1.165) is 0 Å². The molecule has 0 amide bonds. The second kappa shape index (κ2) is 7.90. The zero-order valence-corrected chi connectivity index (χ0v) is 15.4. The highest BCUT2D eigenvalue weighted by Crippen LogP contribution is 2.26. The van der Waals surface area contributed by atoms with Crippen LogP contribution in [0.1, 0.15) is 48.0 Å². The molecule has 0 radical (unpaired) electrons. The Hall–Kier alpha value is -4.05. The van der Waals surface area contributed by atoms with Gasteiger partial charge in [0.2, 0.25) is 5.78 Å². The predicted molar refractivity (Wildman–Crippen MR) is 108 cm³/mol. The molecular weight excluding hydrogens is 364 g/mol. The lowest BCUT2D eigenvalue weighted by molar-refractivity contribution is 0.0981. The van der Waals surface area contributed by atoms with Crippen LogP contribution in [0, 0.1) is 0 Å². The lowest BCUT2D eigenvalue weighted by atomic mass is 9.93. The summed E-state index contributed by atoms with van der Waals surface area (Å²) in [5, 5.41) is 0. The molecule has 3 aromatic carbocycles. The molecule has 0 N–H and O–H groups in total. The van der Waals surface area contributed by atoms with Gasteiger partial charge in [-0.05, 0) is 0 Å². The second-order valence-corrected chi connectivity index (χ2v) is 6.44. The smallest absolute Gasteiger partial charge is 0.228 e. The number of benzene rings is 3. The third-order valence-corrected chi connectivity index (χ3v) is 4.58. The van der Waals surface area contributed by atoms with Crippen LogP contribution in [-0.2, 0) is 0 Å². The molecule has 0 aliphatic rings. The van der Waals surface area contributed by atoms with Gasteiger partial charge in [-0.2, -0.15) is 0 Å². The molecule has 0 unspecified atom stereocenters. The van der Waals surface area contributed by atoms with Crippen molar-refractivity contribution in [2.75, 3.05) is 0 Å². The highest BCUT2D eigenvalue weighted by molar-refractivity contribution is 6.24. The number of ketones is 3. The Bertz CT molecular complexity index is 1100. The first kappa shape index (κ1) is 18.3. The van der Waals surface area contributed by atoms with Gasteiger partial charge < -0.3 is 4.42 Å². The van der Waals surface area contributed by atoms with Crippen molar-refractivity contribution in [1.82, 2.24) is 0 Å². The zero-order valence-electron chi connectivity index (χ0n) is 15.4. The molecule has 0 saturated heterocycles. The minimum atomic E-state index is -0.447. The average Bonchev–Trinajstić information content (AvgIpc) is 3.24. The molecule has 0 aliphatic heterocycles. The van der Waals surface area contributed by atoms with Crippen LogP contribution in [-0.4, -0.2) is 17.3 Å². The van der Waals surface area contributed by atoms with E-state index in [9.17, 15) is 14.4 Å². The van der Waals surface area contributed by atoms with Crippen LogP contribution < -0.4 is 0 Å². The summed E-state index contributed by atoms with van der Waals surface area (Å²) < 4.78 is 5.51. The van der Waals surface area contributed by atoms with Crippen LogP contribution in [0.3, 0.4) is 0 Å². The third-order valence-electron chi connectivity index (χ3n) is 4.58. The van der Waals surface area contributed by atoms with Crippen LogP contribution in [0.25, 0.3) is 0 Å². The molecule has 4 heteroatoms. The van der Waals surface area contributed by atoms with Crippen LogP contribution in [0.15, 0.2) is 102 Å². The van der Waals surface area contributed by atoms with Crippen LogP contribution >= 0.6 is 0 Å². The van der Waals surface area contributed by atoms with Crippen molar-refractivity contribution in [3.8, 4) is 0 Å². The fraction of sp³-hybridized carbons (Fsp3) is 0. The molecule has 4 aromatic rings. The lowest BCUT2D eigenvalue weighted by Crippen LogP contribution is -2.13. The molecule has 140 valence electrons. The van der Waals surface area contributed by atoms with Gasteiger partial charge in [-0.1, -0.05) is 91.0 Å². The number of hydrogen-bond donors (Lipinski definition) is 0. The van der Waals surface area contributed by atoms with Crippen LogP contribution in [0.4, 0.5) is 0 Å². The SMILES string of the molecule is O=C(c1ccccc1)c1coc(C(=O)c2ccccc2)c1C(=O)c1ccccc1. The molecule has 29 heavy (non-hydrogen) atoms. The zero-order chi connectivity index (χ0) is 20.2. The molecule has 0 fully saturated rings. The summed E-state index contributed by atoms with van der Waals surface area (Å²) in [6.07, 6.45) is 1.20. The first-order valence-electron chi connectivity index (χ1n) is 9.07. The van der Waals surface area contributed by atoms with Crippen LogP contribution in [0.2, 0.25) is 0 Å². The predicted octanol–water partition coefficient (Wildman–Crippen LogP) is 4.97. The van der Waals surface area contributed by atoms with Gasteiger partial charge >= 0.3 is 0 Å². The number of carbonyl (C=O) groups is 3. The minimum Gasteiger partial charge on any atom is -0.459 e. The summed E-state index contributed by atoms with van der Waals surface area (Å²) in [6.45, 7) is 0. The summed E-state index contributed by atoms with van der Waals surface area (Å²) in [7, 11) is 0. The topological polar surface area (TPSA) is 64.3 Å². The first-order valence-corrected chi connectivity index (χ1v) is 9.07. The lowest BCUT2D eigenvalue weighted by Gasteiger charge is -2.06. The van der Waals surface area contributed by atoms with Crippen molar-refractivity contribution in [2.45, 2.75) is 0 Å². The van der Waals surface area contributed by atoms with Crippen molar-refractivity contribution < 1.29 is 18.8 Å².